The van der Waals surface area contributed by atoms with Crippen LogP contribution in [0.15, 0.2) is 77.6 Å². The molecule has 3 aromatic carbocycles. The number of hydrogen-bond acceptors (Lipinski definition) is 4. The first-order valence-electron chi connectivity index (χ1n) is 10.3. The van der Waals surface area contributed by atoms with Gasteiger partial charge in [-0.25, -0.2) is 0 Å². The summed E-state index contributed by atoms with van der Waals surface area (Å²) in [4.78, 5) is 12.8. The van der Waals surface area contributed by atoms with Crippen molar-refractivity contribution >= 4 is 16.7 Å². The van der Waals surface area contributed by atoms with E-state index in [-0.39, 0.29) is 12.2 Å². The molecule has 0 bridgehead atoms. The predicted octanol–water partition coefficient (Wildman–Crippen LogP) is 4.62. The Morgan fingerprint density at radius 2 is 1.55 bits per heavy atom. The summed E-state index contributed by atoms with van der Waals surface area (Å²) >= 11 is 0. The van der Waals surface area contributed by atoms with Crippen LogP contribution in [0, 0.1) is 6.92 Å². The van der Waals surface area contributed by atoms with E-state index < -0.39 is 0 Å². The summed E-state index contributed by atoms with van der Waals surface area (Å²) in [7, 11) is 0. The van der Waals surface area contributed by atoms with E-state index in [9.17, 15) is 4.79 Å². The smallest absolute Gasteiger partial charge is 0.262 e. The summed E-state index contributed by atoms with van der Waals surface area (Å²) in [5.41, 5.74) is 4.27. The molecule has 5 aromatic rings. The SMILES string of the molecule is CCn1c(=O)c2ccccc2n2c(COc3ccc(-c4ccc(C)cc4)cc3)nnc12. The zero-order valence-electron chi connectivity index (χ0n) is 17.4. The molecule has 0 unspecified atom stereocenters. The molecule has 2 heterocycles. The van der Waals surface area contributed by atoms with Crippen LogP contribution in [0.1, 0.15) is 18.3 Å². The molecule has 154 valence electrons. The molecular weight excluding hydrogens is 388 g/mol. The van der Waals surface area contributed by atoms with Gasteiger partial charge in [0.05, 0.1) is 10.9 Å². The van der Waals surface area contributed by atoms with Gasteiger partial charge in [-0.05, 0) is 49.2 Å². The predicted molar refractivity (Wildman–Crippen MR) is 121 cm³/mol. The first-order chi connectivity index (χ1) is 15.2. The fraction of sp³-hybridized carbons (Fsp3) is 0.160. The largest absolute Gasteiger partial charge is 0.486 e. The van der Waals surface area contributed by atoms with E-state index in [1.165, 1.54) is 11.1 Å². The lowest BCUT2D eigenvalue weighted by molar-refractivity contribution is 0.295. The van der Waals surface area contributed by atoms with Crippen molar-refractivity contribution < 1.29 is 4.74 Å². The fourth-order valence-corrected chi connectivity index (χ4v) is 3.83. The number of fused-ring (bicyclic) bond motifs is 3. The van der Waals surface area contributed by atoms with Crippen molar-refractivity contribution in [2.45, 2.75) is 27.0 Å². The van der Waals surface area contributed by atoms with Crippen LogP contribution in [-0.2, 0) is 13.2 Å². The van der Waals surface area contributed by atoms with Gasteiger partial charge in [0.25, 0.3) is 5.56 Å². The molecule has 31 heavy (non-hydrogen) atoms. The second-order valence-electron chi connectivity index (χ2n) is 7.50. The van der Waals surface area contributed by atoms with Crippen molar-refractivity contribution in [2.75, 3.05) is 0 Å². The molecule has 5 rings (SSSR count). The van der Waals surface area contributed by atoms with Crippen molar-refractivity contribution in [1.29, 1.82) is 0 Å². The van der Waals surface area contributed by atoms with Gasteiger partial charge in [-0.1, -0.05) is 54.1 Å². The van der Waals surface area contributed by atoms with Gasteiger partial charge in [0.1, 0.15) is 12.4 Å². The molecule has 0 N–H and O–H groups in total. The van der Waals surface area contributed by atoms with E-state index >= 15 is 0 Å². The molecule has 0 aliphatic carbocycles. The molecular formula is C25H22N4O2. The lowest BCUT2D eigenvalue weighted by Crippen LogP contribution is -2.22. The fourth-order valence-electron chi connectivity index (χ4n) is 3.83. The van der Waals surface area contributed by atoms with Gasteiger partial charge in [-0.2, -0.15) is 0 Å². The maximum Gasteiger partial charge on any atom is 0.262 e. The van der Waals surface area contributed by atoms with E-state index in [1.54, 1.807) is 4.57 Å². The summed E-state index contributed by atoms with van der Waals surface area (Å²) in [5.74, 6) is 1.93. The molecule has 0 aliphatic rings. The third kappa shape index (κ3) is 3.36. The number of benzene rings is 3. The van der Waals surface area contributed by atoms with Gasteiger partial charge >= 0.3 is 0 Å². The average Bonchev–Trinajstić information content (AvgIpc) is 3.23. The summed E-state index contributed by atoms with van der Waals surface area (Å²) in [5, 5.41) is 9.22. The maximum absolute atomic E-state index is 12.8. The Labute approximate surface area is 179 Å². The third-order valence-electron chi connectivity index (χ3n) is 5.50. The van der Waals surface area contributed by atoms with Crippen LogP contribution in [0.25, 0.3) is 27.8 Å². The number of hydrogen-bond donors (Lipinski definition) is 0. The maximum atomic E-state index is 12.8. The van der Waals surface area contributed by atoms with Crippen LogP contribution in [0.4, 0.5) is 0 Å². The normalized spacial score (nSPS) is 11.3. The molecule has 0 radical (unpaired) electrons. The molecule has 0 spiro atoms. The zero-order chi connectivity index (χ0) is 21.4. The summed E-state index contributed by atoms with van der Waals surface area (Å²) < 4.78 is 9.55. The number of aromatic nitrogens is 4. The highest BCUT2D eigenvalue weighted by atomic mass is 16.5. The van der Waals surface area contributed by atoms with E-state index in [0.29, 0.717) is 23.5 Å². The van der Waals surface area contributed by atoms with Crippen molar-refractivity contribution in [2.24, 2.45) is 0 Å². The minimum absolute atomic E-state index is 0.0582. The summed E-state index contributed by atoms with van der Waals surface area (Å²) in [6.45, 7) is 4.78. The molecule has 0 aliphatic heterocycles. The Morgan fingerprint density at radius 1 is 0.871 bits per heavy atom. The molecule has 6 heteroatoms. The number of nitrogens with zero attached hydrogens (tertiary/aromatic N) is 4. The first kappa shape index (κ1) is 19.1. The average molecular weight is 410 g/mol. The number of para-hydroxylation sites is 1. The highest BCUT2D eigenvalue weighted by Gasteiger charge is 2.15. The zero-order valence-corrected chi connectivity index (χ0v) is 17.4. The van der Waals surface area contributed by atoms with Crippen LogP contribution in [0.2, 0.25) is 0 Å². The molecule has 0 saturated carbocycles. The van der Waals surface area contributed by atoms with Gasteiger partial charge in [-0.3, -0.25) is 13.8 Å². The minimum atomic E-state index is -0.0582. The molecule has 2 aromatic heterocycles. The van der Waals surface area contributed by atoms with Crippen LogP contribution < -0.4 is 10.3 Å². The van der Waals surface area contributed by atoms with Crippen LogP contribution in [-0.4, -0.2) is 19.2 Å². The summed E-state index contributed by atoms with van der Waals surface area (Å²) in [6, 6.07) is 24.0. The number of rotatable bonds is 5. The Hall–Kier alpha value is -3.93. The van der Waals surface area contributed by atoms with Crippen molar-refractivity contribution in [3.63, 3.8) is 0 Å². The van der Waals surface area contributed by atoms with E-state index in [0.717, 1.165) is 16.8 Å². The Kier molecular flexibility index (Phi) is 4.75. The van der Waals surface area contributed by atoms with Gasteiger partial charge in [-0.15, -0.1) is 10.2 Å². The molecule has 0 saturated heterocycles. The first-order valence-corrected chi connectivity index (χ1v) is 10.3. The second-order valence-corrected chi connectivity index (χ2v) is 7.50. The molecule has 0 atom stereocenters. The highest BCUT2D eigenvalue weighted by Crippen LogP contribution is 2.23. The van der Waals surface area contributed by atoms with Crippen molar-refractivity contribution in [3.8, 4) is 16.9 Å². The Bertz CT molecular complexity index is 1430. The monoisotopic (exact) mass is 410 g/mol. The third-order valence-corrected chi connectivity index (χ3v) is 5.50. The standard InChI is InChI=1S/C25H22N4O2/c1-3-28-24(30)21-6-4-5-7-22(21)29-23(26-27-25(28)29)16-31-20-14-12-19(13-15-20)18-10-8-17(2)9-11-18/h4-15H,3,16H2,1-2H3. The molecule has 6 nitrogen and oxygen atoms in total. The second kappa shape index (κ2) is 7.72. The molecule has 0 amide bonds. The van der Waals surface area contributed by atoms with Crippen LogP contribution in [0.5, 0.6) is 5.75 Å². The Balaban J connectivity index is 1.46. The molecule has 0 fully saturated rings. The Morgan fingerprint density at radius 3 is 2.26 bits per heavy atom. The van der Waals surface area contributed by atoms with Gasteiger partial charge in [0.2, 0.25) is 5.78 Å². The number of aryl methyl sites for hydroxylation is 2. The van der Waals surface area contributed by atoms with E-state index in [1.807, 2.05) is 59.9 Å². The van der Waals surface area contributed by atoms with Gasteiger partial charge in [0, 0.05) is 6.54 Å². The lowest BCUT2D eigenvalue weighted by atomic mass is 10.0. The quantitative estimate of drug-likeness (QED) is 0.424. The van der Waals surface area contributed by atoms with E-state index in [4.69, 9.17) is 4.74 Å². The van der Waals surface area contributed by atoms with Gasteiger partial charge < -0.3 is 4.74 Å². The highest BCUT2D eigenvalue weighted by molar-refractivity contribution is 5.80. The topological polar surface area (TPSA) is 61.4 Å². The van der Waals surface area contributed by atoms with Crippen LogP contribution >= 0.6 is 0 Å². The lowest BCUT2D eigenvalue weighted by Gasteiger charge is -2.10. The van der Waals surface area contributed by atoms with Crippen LogP contribution in [0.3, 0.4) is 0 Å². The van der Waals surface area contributed by atoms with Gasteiger partial charge in [0.15, 0.2) is 5.82 Å². The van der Waals surface area contributed by atoms with Crippen molar-refractivity contribution in [1.82, 2.24) is 19.2 Å². The van der Waals surface area contributed by atoms with Crippen molar-refractivity contribution in [3.05, 3.63) is 94.5 Å². The number of ether oxygens (including phenoxy) is 1. The minimum Gasteiger partial charge on any atom is -0.486 e. The summed E-state index contributed by atoms with van der Waals surface area (Å²) in [6.07, 6.45) is 0. The van der Waals surface area contributed by atoms with E-state index in [2.05, 4.69) is 41.4 Å².